The molecule has 27 heavy (non-hydrogen) atoms. The van der Waals surface area contributed by atoms with Gasteiger partial charge in [-0.05, 0) is 12.1 Å². The number of aromatic nitrogens is 2. The molecule has 1 aliphatic rings. The second-order valence-corrected chi connectivity index (χ2v) is 5.68. The van der Waals surface area contributed by atoms with Crippen LogP contribution in [-0.4, -0.2) is 49.3 Å². The van der Waals surface area contributed by atoms with Crippen molar-refractivity contribution in [1.29, 1.82) is 0 Å². The number of anilines is 1. The van der Waals surface area contributed by atoms with E-state index in [1.165, 1.54) is 0 Å². The van der Waals surface area contributed by atoms with Gasteiger partial charge in [-0.3, -0.25) is 4.79 Å². The van der Waals surface area contributed by atoms with E-state index < -0.39 is 34.7 Å². The van der Waals surface area contributed by atoms with Crippen molar-refractivity contribution >= 4 is 11.7 Å². The Morgan fingerprint density at radius 2 is 2.04 bits per heavy atom. The van der Waals surface area contributed by atoms with Crippen molar-refractivity contribution in [2.45, 2.75) is 6.54 Å². The Kier molecular flexibility index (Phi) is 5.75. The molecule has 0 radical (unpaired) electrons. The summed E-state index contributed by atoms with van der Waals surface area (Å²) < 4.78 is 50.9. The fourth-order valence-electron chi connectivity index (χ4n) is 2.62. The van der Waals surface area contributed by atoms with E-state index in [0.717, 1.165) is 7.11 Å². The van der Waals surface area contributed by atoms with Crippen LogP contribution < -0.4 is 15.0 Å². The number of hydrogen-bond donors (Lipinski definition) is 1. The summed E-state index contributed by atoms with van der Waals surface area (Å²) in [7, 11) is 0.980. The summed E-state index contributed by atoms with van der Waals surface area (Å²) in [5.41, 5.74) is -0.671. The van der Waals surface area contributed by atoms with Gasteiger partial charge >= 0.3 is 0 Å². The molecular formula is C17H17F3N4O3. The minimum atomic E-state index is -1.49. The van der Waals surface area contributed by atoms with E-state index >= 15 is 0 Å². The molecule has 144 valence electrons. The first-order valence-electron chi connectivity index (χ1n) is 8.15. The van der Waals surface area contributed by atoms with E-state index in [-0.39, 0.29) is 6.54 Å². The van der Waals surface area contributed by atoms with Crippen LogP contribution in [0.25, 0.3) is 0 Å². The number of carbonyl (C=O) groups is 1. The van der Waals surface area contributed by atoms with Crippen molar-refractivity contribution < 1.29 is 27.4 Å². The second-order valence-electron chi connectivity index (χ2n) is 5.68. The summed E-state index contributed by atoms with van der Waals surface area (Å²) in [5.74, 6) is -5.08. The molecule has 7 nitrogen and oxygen atoms in total. The Morgan fingerprint density at radius 3 is 2.74 bits per heavy atom. The average molecular weight is 382 g/mol. The summed E-state index contributed by atoms with van der Waals surface area (Å²) in [6, 6.07) is 2.21. The maximum Gasteiger partial charge on any atom is 0.254 e. The quantitative estimate of drug-likeness (QED) is 0.793. The van der Waals surface area contributed by atoms with Gasteiger partial charge < -0.3 is 19.7 Å². The Bertz CT molecular complexity index is 844. The molecule has 10 heteroatoms. The third-order valence-corrected chi connectivity index (χ3v) is 4.00. The van der Waals surface area contributed by atoms with Crippen molar-refractivity contribution in [3.8, 4) is 5.75 Å². The molecule has 2 heterocycles. The van der Waals surface area contributed by atoms with Gasteiger partial charge in [-0.25, -0.2) is 18.7 Å². The number of ether oxygens (including phenoxy) is 2. The highest BCUT2D eigenvalue weighted by molar-refractivity contribution is 5.94. The van der Waals surface area contributed by atoms with Gasteiger partial charge in [0.2, 0.25) is 5.82 Å². The van der Waals surface area contributed by atoms with Crippen LogP contribution in [0.15, 0.2) is 18.3 Å². The third kappa shape index (κ3) is 4.11. The van der Waals surface area contributed by atoms with Crippen LogP contribution in [0.1, 0.15) is 16.2 Å². The predicted octanol–water partition coefficient (Wildman–Crippen LogP) is 1.67. The maximum absolute atomic E-state index is 14.2. The van der Waals surface area contributed by atoms with Crippen LogP contribution in [0.5, 0.6) is 5.75 Å². The lowest BCUT2D eigenvalue weighted by molar-refractivity contribution is 0.0944. The zero-order valence-corrected chi connectivity index (χ0v) is 14.5. The first-order chi connectivity index (χ1) is 13.0. The number of rotatable bonds is 5. The van der Waals surface area contributed by atoms with Crippen LogP contribution >= 0.6 is 0 Å². The fraction of sp³-hybridized carbons (Fsp3) is 0.353. The SMILES string of the molecule is COc1c(F)c(F)cc(C(=O)NCc2nccc(N3CCOCC3)n2)c1F. The normalized spacial score (nSPS) is 14.1. The molecule has 0 atom stereocenters. The Morgan fingerprint density at radius 1 is 1.30 bits per heavy atom. The number of hydrogen-bond acceptors (Lipinski definition) is 6. The molecule has 1 saturated heterocycles. The van der Waals surface area contributed by atoms with E-state index in [9.17, 15) is 18.0 Å². The number of carbonyl (C=O) groups excluding carboxylic acids is 1. The van der Waals surface area contributed by atoms with E-state index in [2.05, 4.69) is 20.0 Å². The number of morpholine rings is 1. The monoisotopic (exact) mass is 382 g/mol. The first-order valence-corrected chi connectivity index (χ1v) is 8.15. The van der Waals surface area contributed by atoms with E-state index in [4.69, 9.17) is 4.74 Å². The standard InChI is InChI=1S/C17H17F3N4O3/c1-26-16-14(19)10(8-11(18)15(16)20)17(25)22-9-12-21-3-2-13(23-12)24-4-6-27-7-5-24/h2-3,8H,4-7,9H2,1H3,(H,22,25). The number of benzene rings is 1. The Balaban J connectivity index is 1.72. The molecule has 1 aromatic carbocycles. The summed E-state index contributed by atoms with van der Waals surface area (Å²) in [6.07, 6.45) is 1.54. The minimum absolute atomic E-state index is 0.113. The molecule has 1 aliphatic heterocycles. The molecular weight excluding hydrogens is 365 g/mol. The van der Waals surface area contributed by atoms with Crippen molar-refractivity contribution in [3.63, 3.8) is 0 Å². The molecule has 0 bridgehead atoms. The largest absolute Gasteiger partial charge is 0.491 e. The van der Waals surface area contributed by atoms with Gasteiger partial charge in [0, 0.05) is 19.3 Å². The summed E-state index contributed by atoms with van der Waals surface area (Å²) in [6.45, 7) is 2.43. The Hall–Kier alpha value is -2.88. The highest BCUT2D eigenvalue weighted by atomic mass is 19.2. The lowest BCUT2D eigenvalue weighted by atomic mass is 10.1. The number of halogens is 3. The molecule has 2 aromatic rings. The third-order valence-electron chi connectivity index (χ3n) is 4.00. The number of nitrogens with zero attached hydrogens (tertiary/aromatic N) is 3. The minimum Gasteiger partial charge on any atom is -0.491 e. The molecule has 0 aliphatic carbocycles. The van der Waals surface area contributed by atoms with Gasteiger partial charge in [-0.1, -0.05) is 0 Å². The summed E-state index contributed by atoms with van der Waals surface area (Å²) in [5, 5.41) is 2.39. The molecule has 0 saturated carbocycles. The van der Waals surface area contributed by atoms with Crippen molar-refractivity contribution in [3.05, 3.63) is 47.2 Å². The van der Waals surface area contributed by atoms with Crippen LogP contribution in [-0.2, 0) is 11.3 Å². The predicted molar refractivity (Wildman–Crippen MR) is 89.1 cm³/mol. The zero-order valence-electron chi connectivity index (χ0n) is 14.5. The van der Waals surface area contributed by atoms with Crippen molar-refractivity contribution in [1.82, 2.24) is 15.3 Å². The van der Waals surface area contributed by atoms with Gasteiger partial charge in [-0.2, -0.15) is 4.39 Å². The fourth-order valence-corrected chi connectivity index (χ4v) is 2.62. The maximum atomic E-state index is 14.2. The van der Waals surface area contributed by atoms with Crippen molar-refractivity contribution in [2.24, 2.45) is 0 Å². The zero-order chi connectivity index (χ0) is 19.4. The molecule has 0 spiro atoms. The smallest absolute Gasteiger partial charge is 0.254 e. The van der Waals surface area contributed by atoms with Crippen LogP contribution in [0.4, 0.5) is 19.0 Å². The number of nitrogens with one attached hydrogen (secondary N) is 1. The second kappa shape index (κ2) is 8.21. The van der Waals surface area contributed by atoms with Gasteiger partial charge in [0.05, 0.1) is 32.4 Å². The Labute approximate surface area is 153 Å². The highest BCUT2D eigenvalue weighted by Gasteiger charge is 2.23. The summed E-state index contributed by atoms with van der Waals surface area (Å²) in [4.78, 5) is 22.6. The number of amides is 1. The van der Waals surface area contributed by atoms with Gasteiger partial charge in [0.15, 0.2) is 17.4 Å². The molecule has 1 aromatic heterocycles. The number of methoxy groups -OCH3 is 1. The molecule has 0 unspecified atom stereocenters. The highest BCUT2D eigenvalue weighted by Crippen LogP contribution is 2.27. The van der Waals surface area contributed by atoms with Gasteiger partial charge in [-0.15, -0.1) is 0 Å². The van der Waals surface area contributed by atoms with Crippen LogP contribution in [0.2, 0.25) is 0 Å². The first kappa shape index (κ1) is 18.9. The van der Waals surface area contributed by atoms with Crippen LogP contribution in [0.3, 0.4) is 0 Å². The van der Waals surface area contributed by atoms with Crippen molar-refractivity contribution in [2.75, 3.05) is 38.3 Å². The topological polar surface area (TPSA) is 76.6 Å². The summed E-state index contributed by atoms with van der Waals surface area (Å²) >= 11 is 0. The van der Waals surface area contributed by atoms with Gasteiger partial charge in [0.25, 0.3) is 5.91 Å². The molecule has 1 amide bonds. The lowest BCUT2D eigenvalue weighted by Crippen LogP contribution is -2.37. The van der Waals surface area contributed by atoms with Crippen LogP contribution in [0, 0.1) is 17.5 Å². The molecule has 3 rings (SSSR count). The molecule has 1 fully saturated rings. The molecule has 1 N–H and O–H groups in total. The average Bonchev–Trinajstić information content (AvgIpc) is 2.70. The van der Waals surface area contributed by atoms with E-state index in [1.807, 2.05) is 4.90 Å². The van der Waals surface area contributed by atoms with E-state index in [0.29, 0.717) is 44.0 Å². The van der Waals surface area contributed by atoms with E-state index in [1.54, 1.807) is 12.3 Å². The lowest BCUT2D eigenvalue weighted by Gasteiger charge is -2.27. The van der Waals surface area contributed by atoms with Gasteiger partial charge in [0.1, 0.15) is 11.6 Å².